The third kappa shape index (κ3) is 3.25. The van der Waals surface area contributed by atoms with Crippen molar-refractivity contribution in [2.45, 2.75) is 44.3 Å². The van der Waals surface area contributed by atoms with Gasteiger partial charge in [0.25, 0.3) is 0 Å². The first-order valence-electron chi connectivity index (χ1n) is 7.17. The average Bonchev–Trinajstić information content (AvgIpc) is 3.12. The molecule has 104 valence electrons. The van der Waals surface area contributed by atoms with E-state index in [0.717, 1.165) is 25.2 Å². The summed E-state index contributed by atoms with van der Waals surface area (Å²) in [5, 5.41) is 12.8. The van der Waals surface area contributed by atoms with Gasteiger partial charge in [-0.2, -0.15) is 0 Å². The van der Waals surface area contributed by atoms with Crippen LogP contribution in [0.3, 0.4) is 0 Å². The van der Waals surface area contributed by atoms with E-state index in [4.69, 9.17) is 0 Å². The van der Waals surface area contributed by atoms with Crippen molar-refractivity contribution in [1.82, 2.24) is 10.2 Å². The smallest absolute Gasteiger partial charge is 0.165 e. The molecule has 0 spiro atoms. The molecule has 1 aliphatic carbocycles. The fraction of sp³-hybridized carbons (Fsp3) is 0.600. The quantitative estimate of drug-likeness (QED) is 0.856. The van der Waals surface area contributed by atoms with Crippen LogP contribution in [0.4, 0.5) is 4.39 Å². The number of phenolic OH excluding ortho intramolecular Hbond substituents is 1. The maximum absolute atomic E-state index is 13.4. The Morgan fingerprint density at radius 1 is 1.32 bits per heavy atom. The summed E-state index contributed by atoms with van der Waals surface area (Å²) < 4.78 is 13.4. The van der Waals surface area contributed by atoms with E-state index in [9.17, 15) is 9.50 Å². The van der Waals surface area contributed by atoms with Crippen LogP contribution >= 0.6 is 0 Å². The van der Waals surface area contributed by atoms with Crippen LogP contribution in [0, 0.1) is 5.82 Å². The standard InChI is InChI=1S/C15H21FN2O/c16-14-8-11(3-6-15(14)19)9-18(13-4-5-13)10-12-2-1-7-17-12/h3,6,8,12-13,17,19H,1-2,4-5,7,9-10H2. The molecule has 0 aromatic heterocycles. The second kappa shape index (κ2) is 5.47. The van der Waals surface area contributed by atoms with E-state index < -0.39 is 5.82 Å². The molecular weight excluding hydrogens is 243 g/mol. The molecule has 1 aromatic carbocycles. The number of phenols is 1. The highest BCUT2D eigenvalue weighted by Gasteiger charge is 2.31. The lowest BCUT2D eigenvalue weighted by molar-refractivity contribution is 0.231. The molecule has 2 fully saturated rings. The summed E-state index contributed by atoms with van der Waals surface area (Å²) in [5.41, 5.74) is 0.945. The normalized spacial score (nSPS) is 23.2. The first kappa shape index (κ1) is 12.9. The largest absolute Gasteiger partial charge is 0.505 e. The van der Waals surface area contributed by atoms with E-state index in [1.54, 1.807) is 0 Å². The Morgan fingerprint density at radius 2 is 2.16 bits per heavy atom. The number of hydrogen-bond donors (Lipinski definition) is 2. The highest BCUT2D eigenvalue weighted by molar-refractivity contribution is 5.28. The van der Waals surface area contributed by atoms with Gasteiger partial charge in [-0.05, 0) is 49.9 Å². The van der Waals surface area contributed by atoms with E-state index in [2.05, 4.69) is 10.2 Å². The number of aromatic hydroxyl groups is 1. The third-order valence-corrected chi connectivity index (χ3v) is 4.08. The number of nitrogens with zero attached hydrogens (tertiary/aromatic N) is 1. The zero-order valence-electron chi connectivity index (χ0n) is 11.1. The molecule has 1 aromatic rings. The van der Waals surface area contributed by atoms with Gasteiger partial charge in [0.05, 0.1) is 0 Å². The number of halogens is 1. The lowest BCUT2D eigenvalue weighted by Crippen LogP contribution is -2.38. The van der Waals surface area contributed by atoms with Crippen LogP contribution in [0.15, 0.2) is 18.2 Å². The lowest BCUT2D eigenvalue weighted by atomic mass is 10.1. The minimum absolute atomic E-state index is 0.265. The first-order chi connectivity index (χ1) is 9.22. The van der Waals surface area contributed by atoms with Gasteiger partial charge in [-0.3, -0.25) is 4.90 Å². The maximum atomic E-state index is 13.4. The summed E-state index contributed by atoms with van der Waals surface area (Å²) >= 11 is 0. The SMILES string of the molecule is Oc1ccc(CN(CC2CCCN2)C2CC2)cc1F. The van der Waals surface area contributed by atoms with E-state index in [1.165, 1.54) is 37.8 Å². The monoisotopic (exact) mass is 264 g/mol. The van der Waals surface area contributed by atoms with Crippen molar-refractivity contribution >= 4 is 0 Å². The minimum Gasteiger partial charge on any atom is -0.505 e. The van der Waals surface area contributed by atoms with Gasteiger partial charge in [0.15, 0.2) is 11.6 Å². The van der Waals surface area contributed by atoms with Crippen LogP contribution in [-0.2, 0) is 6.54 Å². The molecule has 4 heteroatoms. The predicted molar refractivity (Wildman–Crippen MR) is 72.5 cm³/mol. The van der Waals surface area contributed by atoms with Crippen molar-refractivity contribution in [2.75, 3.05) is 13.1 Å². The molecule has 1 atom stereocenters. The molecule has 3 rings (SSSR count). The number of benzene rings is 1. The summed E-state index contributed by atoms with van der Waals surface area (Å²) in [6.07, 6.45) is 5.02. The molecule has 19 heavy (non-hydrogen) atoms. The topological polar surface area (TPSA) is 35.5 Å². The summed E-state index contributed by atoms with van der Waals surface area (Å²) in [4.78, 5) is 2.45. The van der Waals surface area contributed by atoms with Gasteiger partial charge in [-0.1, -0.05) is 6.07 Å². The van der Waals surface area contributed by atoms with Crippen molar-refractivity contribution in [2.24, 2.45) is 0 Å². The van der Waals surface area contributed by atoms with Crippen LogP contribution in [0.25, 0.3) is 0 Å². The lowest BCUT2D eigenvalue weighted by Gasteiger charge is -2.25. The molecule has 1 heterocycles. The van der Waals surface area contributed by atoms with Crippen LogP contribution in [0.2, 0.25) is 0 Å². The molecular formula is C15H21FN2O. The van der Waals surface area contributed by atoms with E-state index in [0.29, 0.717) is 12.1 Å². The summed E-state index contributed by atoms with van der Waals surface area (Å²) in [7, 11) is 0. The molecule has 3 nitrogen and oxygen atoms in total. The summed E-state index contributed by atoms with van der Waals surface area (Å²) in [6, 6.07) is 5.97. The van der Waals surface area contributed by atoms with Gasteiger partial charge < -0.3 is 10.4 Å². The Balaban J connectivity index is 1.64. The Hall–Kier alpha value is -1.13. The zero-order chi connectivity index (χ0) is 13.2. The van der Waals surface area contributed by atoms with Gasteiger partial charge in [0.1, 0.15) is 0 Å². The molecule has 0 amide bonds. The second-order valence-electron chi connectivity index (χ2n) is 5.74. The van der Waals surface area contributed by atoms with E-state index in [-0.39, 0.29) is 5.75 Å². The van der Waals surface area contributed by atoms with Crippen molar-refractivity contribution in [1.29, 1.82) is 0 Å². The van der Waals surface area contributed by atoms with Crippen LogP contribution < -0.4 is 5.32 Å². The van der Waals surface area contributed by atoms with Crippen LogP contribution in [0.5, 0.6) is 5.75 Å². The summed E-state index contributed by atoms with van der Waals surface area (Å²) in [6.45, 7) is 2.95. The Bertz CT molecular complexity index is 442. The zero-order valence-corrected chi connectivity index (χ0v) is 11.1. The molecule has 0 radical (unpaired) electrons. The maximum Gasteiger partial charge on any atom is 0.165 e. The number of rotatable bonds is 5. The highest BCUT2D eigenvalue weighted by Crippen LogP contribution is 2.29. The van der Waals surface area contributed by atoms with Gasteiger partial charge in [0.2, 0.25) is 0 Å². The average molecular weight is 264 g/mol. The van der Waals surface area contributed by atoms with Crippen LogP contribution in [-0.4, -0.2) is 35.2 Å². The van der Waals surface area contributed by atoms with Gasteiger partial charge in [-0.25, -0.2) is 4.39 Å². The fourth-order valence-electron chi connectivity index (χ4n) is 2.86. The van der Waals surface area contributed by atoms with Crippen molar-refractivity contribution in [3.63, 3.8) is 0 Å². The van der Waals surface area contributed by atoms with Crippen molar-refractivity contribution < 1.29 is 9.50 Å². The van der Waals surface area contributed by atoms with E-state index in [1.807, 2.05) is 6.07 Å². The van der Waals surface area contributed by atoms with Gasteiger partial charge >= 0.3 is 0 Å². The molecule has 1 aliphatic heterocycles. The molecule has 2 N–H and O–H groups in total. The Kier molecular flexibility index (Phi) is 3.71. The molecule has 2 aliphatic rings. The number of hydrogen-bond acceptors (Lipinski definition) is 3. The van der Waals surface area contributed by atoms with Gasteiger partial charge in [0, 0.05) is 25.2 Å². The molecule has 1 saturated heterocycles. The fourth-order valence-corrected chi connectivity index (χ4v) is 2.86. The first-order valence-corrected chi connectivity index (χ1v) is 7.17. The highest BCUT2D eigenvalue weighted by atomic mass is 19.1. The Morgan fingerprint density at radius 3 is 2.79 bits per heavy atom. The van der Waals surface area contributed by atoms with Crippen molar-refractivity contribution in [3.05, 3.63) is 29.6 Å². The summed E-state index contributed by atoms with van der Waals surface area (Å²) in [5.74, 6) is -0.786. The predicted octanol–water partition coefficient (Wildman–Crippen LogP) is 2.25. The Labute approximate surface area is 113 Å². The molecule has 0 bridgehead atoms. The minimum atomic E-state index is -0.521. The van der Waals surface area contributed by atoms with Crippen molar-refractivity contribution in [3.8, 4) is 5.75 Å². The second-order valence-corrected chi connectivity index (χ2v) is 5.74. The molecule has 1 unspecified atom stereocenters. The van der Waals surface area contributed by atoms with Crippen LogP contribution in [0.1, 0.15) is 31.2 Å². The third-order valence-electron chi connectivity index (χ3n) is 4.08. The van der Waals surface area contributed by atoms with Gasteiger partial charge in [-0.15, -0.1) is 0 Å². The van der Waals surface area contributed by atoms with E-state index >= 15 is 0 Å². The number of nitrogens with one attached hydrogen (secondary N) is 1. The molecule has 1 saturated carbocycles.